The van der Waals surface area contributed by atoms with Gasteiger partial charge in [0.2, 0.25) is 0 Å². The topological polar surface area (TPSA) is 114 Å². The summed E-state index contributed by atoms with van der Waals surface area (Å²) in [5.41, 5.74) is 3.07. The molecular formula is C33H26ClN3O6. The van der Waals surface area contributed by atoms with Crippen LogP contribution in [0.1, 0.15) is 16.7 Å². The van der Waals surface area contributed by atoms with E-state index in [2.05, 4.69) is 10.6 Å². The number of imide groups is 2. The second kappa shape index (κ2) is 13.1. The monoisotopic (exact) mass is 595 g/mol. The van der Waals surface area contributed by atoms with E-state index in [0.29, 0.717) is 23.6 Å². The van der Waals surface area contributed by atoms with E-state index >= 15 is 0 Å². The molecule has 0 unspecified atom stereocenters. The lowest BCUT2D eigenvalue weighted by atomic mass is 10.1. The third-order valence-corrected chi connectivity index (χ3v) is 6.67. The molecule has 9 nitrogen and oxygen atoms in total. The van der Waals surface area contributed by atoms with Crippen LogP contribution in [-0.4, -0.2) is 30.4 Å². The number of anilines is 2. The predicted octanol–water partition coefficient (Wildman–Crippen LogP) is 5.91. The molecule has 10 heteroatoms. The molecule has 1 heterocycles. The molecule has 216 valence electrons. The number of barbiturate groups is 1. The summed E-state index contributed by atoms with van der Waals surface area (Å²) in [6.45, 7) is 2.00. The first kappa shape index (κ1) is 29.1. The number of halogens is 1. The Kier molecular flexibility index (Phi) is 8.83. The molecule has 0 radical (unpaired) electrons. The maximum absolute atomic E-state index is 13.3. The van der Waals surface area contributed by atoms with Crippen LogP contribution in [0.5, 0.6) is 11.5 Å². The first-order valence-electron chi connectivity index (χ1n) is 13.2. The van der Waals surface area contributed by atoms with Gasteiger partial charge in [0.25, 0.3) is 17.7 Å². The smallest absolute Gasteiger partial charge is 0.335 e. The van der Waals surface area contributed by atoms with Crippen molar-refractivity contribution in [1.82, 2.24) is 5.32 Å². The minimum absolute atomic E-state index is 0.167. The van der Waals surface area contributed by atoms with Gasteiger partial charge in [0.05, 0.1) is 10.7 Å². The second-order valence-electron chi connectivity index (χ2n) is 9.62. The number of benzene rings is 4. The van der Waals surface area contributed by atoms with Gasteiger partial charge in [-0.3, -0.25) is 19.7 Å². The average molecular weight is 596 g/mol. The summed E-state index contributed by atoms with van der Waals surface area (Å²) in [4.78, 5) is 51.7. The van der Waals surface area contributed by atoms with Crippen LogP contribution in [0.2, 0.25) is 5.02 Å². The maximum atomic E-state index is 13.3. The Bertz CT molecular complexity index is 1720. The highest BCUT2D eigenvalue weighted by molar-refractivity contribution is 6.39. The lowest BCUT2D eigenvalue weighted by Gasteiger charge is -2.26. The quantitative estimate of drug-likeness (QED) is 0.184. The van der Waals surface area contributed by atoms with Crippen LogP contribution in [0.4, 0.5) is 16.2 Å². The van der Waals surface area contributed by atoms with Crippen molar-refractivity contribution in [1.29, 1.82) is 0 Å². The number of carbonyl (C=O) groups is 4. The Morgan fingerprint density at radius 1 is 0.907 bits per heavy atom. The Morgan fingerprint density at radius 3 is 2.40 bits per heavy atom. The molecule has 0 aromatic heterocycles. The van der Waals surface area contributed by atoms with E-state index in [-0.39, 0.29) is 34.5 Å². The maximum Gasteiger partial charge on any atom is 0.335 e. The SMILES string of the molecule is Cc1cccc(NC(=O)COc2ccc(/C=C3\C(=O)NC(=O)N(c4ccc(OCc5ccccc5)cc4)C3=O)cc2Cl)c1. The Hall–Kier alpha value is -5.41. The molecule has 43 heavy (non-hydrogen) atoms. The number of nitrogens with zero attached hydrogens (tertiary/aromatic N) is 1. The molecule has 0 saturated carbocycles. The largest absolute Gasteiger partial charge is 0.489 e. The summed E-state index contributed by atoms with van der Waals surface area (Å²) < 4.78 is 11.3. The zero-order valence-corrected chi connectivity index (χ0v) is 23.8. The van der Waals surface area contributed by atoms with Gasteiger partial charge in [0.1, 0.15) is 23.7 Å². The van der Waals surface area contributed by atoms with Gasteiger partial charge >= 0.3 is 6.03 Å². The number of rotatable bonds is 9. The van der Waals surface area contributed by atoms with Crippen molar-refractivity contribution in [2.75, 3.05) is 16.8 Å². The van der Waals surface area contributed by atoms with Gasteiger partial charge in [-0.15, -0.1) is 0 Å². The number of ether oxygens (including phenoxy) is 2. The summed E-state index contributed by atoms with van der Waals surface area (Å²) >= 11 is 6.36. The van der Waals surface area contributed by atoms with E-state index in [1.54, 1.807) is 36.4 Å². The fourth-order valence-corrected chi connectivity index (χ4v) is 4.52. The van der Waals surface area contributed by atoms with Gasteiger partial charge in [0, 0.05) is 5.69 Å². The zero-order valence-electron chi connectivity index (χ0n) is 23.0. The molecule has 0 spiro atoms. The number of hydrogen-bond acceptors (Lipinski definition) is 6. The molecule has 5 amide bonds. The highest BCUT2D eigenvalue weighted by Crippen LogP contribution is 2.28. The van der Waals surface area contributed by atoms with Gasteiger partial charge in [-0.25, -0.2) is 9.69 Å². The molecule has 0 atom stereocenters. The van der Waals surface area contributed by atoms with Crippen molar-refractivity contribution in [3.05, 3.63) is 124 Å². The van der Waals surface area contributed by atoms with E-state index < -0.39 is 17.8 Å². The van der Waals surface area contributed by atoms with Gasteiger partial charge in [0.15, 0.2) is 6.61 Å². The molecular weight excluding hydrogens is 570 g/mol. The lowest BCUT2D eigenvalue weighted by molar-refractivity contribution is -0.122. The van der Waals surface area contributed by atoms with Crippen LogP contribution in [0.3, 0.4) is 0 Å². The van der Waals surface area contributed by atoms with Crippen molar-refractivity contribution >= 4 is 52.8 Å². The molecule has 1 aliphatic heterocycles. The molecule has 1 aliphatic rings. The number of amides is 5. The molecule has 2 N–H and O–H groups in total. The number of aryl methyl sites for hydroxylation is 1. The highest BCUT2D eigenvalue weighted by atomic mass is 35.5. The van der Waals surface area contributed by atoms with E-state index in [0.717, 1.165) is 16.0 Å². The standard InChI is InChI=1S/C33H26ClN3O6/c1-21-6-5-9-24(16-21)35-30(38)20-43-29-15-10-23(18-28(29)34)17-27-31(39)36-33(41)37(32(27)40)25-11-13-26(14-12-25)42-19-22-7-3-2-4-8-22/h2-18H,19-20H2,1H3,(H,35,38)(H,36,39,41)/b27-17+. The van der Waals surface area contributed by atoms with Gasteiger partial charge in [-0.1, -0.05) is 60.1 Å². The normalized spacial score (nSPS) is 14.0. The van der Waals surface area contributed by atoms with Crippen LogP contribution in [0.15, 0.2) is 103 Å². The van der Waals surface area contributed by atoms with Gasteiger partial charge in [-0.05, 0) is 78.2 Å². The molecule has 1 fully saturated rings. The van der Waals surface area contributed by atoms with Crippen LogP contribution >= 0.6 is 11.6 Å². The average Bonchev–Trinajstić information content (AvgIpc) is 2.99. The number of urea groups is 1. The van der Waals surface area contributed by atoms with Crippen LogP contribution in [-0.2, 0) is 21.0 Å². The zero-order chi connectivity index (χ0) is 30.3. The summed E-state index contributed by atoms with van der Waals surface area (Å²) in [5, 5.41) is 5.11. The fourth-order valence-electron chi connectivity index (χ4n) is 4.28. The van der Waals surface area contributed by atoms with E-state index in [4.69, 9.17) is 21.1 Å². The summed E-state index contributed by atoms with van der Waals surface area (Å²) in [6, 6.07) is 27.1. The summed E-state index contributed by atoms with van der Waals surface area (Å²) in [7, 11) is 0. The van der Waals surface area contributed by atoms with Gasteiger partial charge < -0.3 is 14.8 Å². The van der Waals surface area contributed by atoms with Crippen LogP contribution in [0.25, 0.3) is 6.08 Å². The summed E-state index contributed by atoms with van der Waals surface area (Å²) in [5.74, 6) is -1.20. The molecule has 4 aromatic rings. The second-order valence-corrected chi connectivity index (χ2v) is 10.0. The molecule has 0 bridgehead atoms. The molecule has 5 rings (SSSR count). The summed E-state index contributed by atoms with van der Waals surface area (Å²) in [6.07, 6.45) is 1.33. The van der Waals surface area contributed by atoms with Crippen LogP contribution < -0.4 is 25.0 Å². The minimum atomic E-state index is -0.865. The number of hydrogen-bond donors (Lipinski definition) is 2. The number of nitrogens with one attached hydrogen (secondary N) is 2. The minimum Gasteiger partial charge on any atom is -0.489 e. The van der Waals surface area contributed by atoms with E-state index in [1.807, 2.05) is 55.5 Å². The first-order valence-corrected chi connectivity index (χ1v) is 13.6. The lowest BCUT2D eigenvalue weighted by Crippen LogP contribution is -2.54. The van der Waals surface area contributed by atoms with Crippen molar-refractivity contribution in [3.8, 4) is 11.5 Å². The van der Waals surface area contributed by atoms with Crippen molar-refractivity contribution in [2.24, 2.45) is 0 Å². The predicted molar refractivity (Wildman–Crippen MR) is 163 cm³/mol. The first-order chi connectivity index (χ1) is 20.8. The van der Waals surface area contributed by atoms with Crippen molar-refractivity contribution < 1.29 is 28.7 Å². The third kappa shape index (κ3) is 7.27. The third-order valence-electron chi connectivity index (χ3n) is 6.37. The fraction of sp³-hybridized carbons (Fsp3) is 0.0909. The van der Waals surface area contributed by atoms with E-state index in [9.17, 15) is 19.2 Å². The Morgan fingerprint density at radius 2 is 1.67 bits per heavy atom. The Balaban J connectivity index is 1.25. The van der Waals surface area contributed by atoms with E-state index in [1.165, 1.54) is 18.2 Å². The number of carbonyl (C=O) groups excluding carboxylic acids is 4. The Labute approximate surface area is 252 Å². The molecule has 4 aromatic carbocycles. The molecule has 1 saturated heterocycles. The molecule has 0 aliphatic carbocycles. The highest BCUT2D eigenvalue weighted by Gasteiger charge is 2.36. The van der Waals surface area contributed by atoms with Crippen LogP contribution in [0, 0.1) is 6.92 Å². The van der Waals surface area contributed by atoms with Crippen molar-refractivity contribution in [2.45, 2.75) is 13.5 Å². The van der Waals surface area contributed by atoms with Crippen molar-refractivity contribution in [3.63, 3.8) is 0 Å². The van der Waals surface area contributed by atoms with Gasteiger partial charge in [-0.2, -0.15) is 0 Å².